The molecule has 0 aliphatic rings. The largest absolute Gasteiger partial charge is 0.384 e. The number of aryl methyl sites for hydroxylation is 1. The topological polar surface area (TPSA) is 61.4 Å². The Morgan fingerprint density at radius 3 is 2.89 bits per heavy atom. The molecule has 4 heterocycles. The number of Topliss-reactive ketones (excluding diaryl/α,β-unsaturated/α-hetero) is 1. The van der Waals surface area contributed by atoms with Crippen molar-refractivity contribution in [3.05, 3.63) is 78.1 Å². The van der Waals surface area contributed by atoms with Gasteiger partial charge in [-0.1, -0.05) is 12.1 Å². The summed E-state index contributed by atoms with van der Waals surface area (Å²) in [6, 6.07) is 11.8. The van der Waals surface area contributed by atoms with Crippen molar-refractivity contribution in [1.29, 1.82) is 0 Å². The lowest BCUT2D eigenvalue weighted by atomic mass is 10.1. The molecule has 0 aromatic carbocycles. The summed E-state index contributed by atoms with van der Waals surface area (Å²) in [5, 5.41) is 0. The highest BCUT2D eigenvalue weighted by Gasteiger charge is 2.18. The van der Waals surface area contributed by atoms with Crippen molar-refractivity contribution in [3.63, 3.8) is 0 Å². The normalized spacial score (nSPS) is 11.2. The Bertz CT molecular complexity index is 1110. The molecule has 6 heteroatoms. The molecule has 0 bridgehead atoms. The number of ketones is 1. The minimum Gasteiger partial charge on any atom is -0.384 e. The predicted octanol–water partition coefficient (Wildman–Crippen LogP) is 3.77. The fourth-order valence-electron chi connectivity index (χ4n) is 3.38. The molecule has 0 fully saturated rings. The zero-order valence-corrected chi connectivity index (χ0v) is 16.0. The van der Waals surface area contributed by atoms with Crippen LogP contribution in [-0.4, -0.2) is 38.4 Å². The van der Waals surface area contributed by atoms with Gasteiger partial charge in [-0.2, -0.15) is 0 Å². The summed E-state index contributed by atoms with van der Waals surface area (Å²) in [5.41, 5.74) is 4.45. The predicted molar refractivity (Wildman–Crippen MR) is 108 cm³/mol. The van der Waals surface area contributed by atoms with E-state index in [1.54, 1.807) is 13.3 Å². The first kappa shape index (κ1) is 18.1. The van der Waals surface area contributed by atoms with Crippen molar-refractivity contribution in [2.45, 2.75) is 19.9 Å². The van der Waals surface area contributed by atoms with E-state index in [0.29, 0.717) is 25.1 Å². The van der Waals surface area contributed by atoms with Gasteiger partial charge in [-0.3, -0.25) is 9.78 Å². The van der Waals surface area contributed by atoms with Crippen molar-refractivity contribution in [1.82, 2.24) is 18.9 Å². The van der Waals surface area contributed by atoms with E-state index in [9.17, 15) is 4.79 Å². The smallest absolute Gasteiger partial charge is 0.167 e. The Kier molecular flexibility index (Phi) is 5.04. The molecule has 28 heavy (non-hydrogen) atoms. The van der Waals surface area contributed by atoms with Gasteiger partial charge in [-0.25, -0.2) is 4.98 Å². The number of methoxy groups -OCH3 is 1. The molecule has 4 rings (SSSR count). The molecule has 0 aliphatic heterocycles. The number of pyridine rings is 2. The van der Waals surface area contributed by atoms with Crippen molar-refractivity contribution in [2.75, 3.05) is 13.7 Å². The molecule has 0 saturated heterocycles. The SMILES string of the molecule is COCCC(=O)c1cc(-c2cn(Cc3cccnc3)c(C)n2)n2ccccc12. The Morgan fingerprint density at radius 2 is 2.11 bits per heavy atom. The van der Waals surface area contributed by atoms with E-state index in [4.69, 9.17) is 9.72 Å². The number of rotatable bonds is 7. The van der Waals surface area contributed by atoms with Gasteiger partial charge >= 0.3 is 0 Å². The van der Waals surface area contributed by atoms with Gasteiger partial charge in [-0.15, -0.1) is 0 Å². The zero-order valence-electron chi connectivity index (χ0n) is 16.0. The third-order valence-corrected chi connectivity index (χ3v) is 4.82. The van der Waals surface area contributed by atoms with E-state index in [2.05, 4.69) is 9.55 Å². The van der Waals surface area contributed by atoms with E-state index in [-0.39, 0.29) is 5.78 Å². The summed E-state index contributed by atoms with van der Waals surface area (Å²) in [5.74, 6) is 0.986. The van der Waals surface area contributed by atoms with Crippen LogP contribution >= 0.6 is 0 Å². The molecule has 6 nitrogen and oxygen atoms in total. The van der Waals surface area contributed by atoms with Gasteiger partial charge in [0.2, 0.25) is 0 Å². The van der Waals surface area contributed by atoms with E-state index in [0.717, 1.165) is 28.3 Å². The molecule has 0 aliphatic carbocycles. The average Bonchev–Trinajstić information content (AvgIpc) is 3.28. The summed E-state index contributed by atoms with van der Waals surface area (Å²) >= 11 is 0. The Morgan fingerprint density at radius 1 is 1.21 bits per heavy atom. The minimum atomic E-state index is 0.0725. The van der Waals surface area contributed by atoms with Crippen LogP contribution in [-0.2, 0) is 11.3 Å². The maximum Gasteiger partial charge on any atom is 0.167 e. The molecule has 0 amide bonds. The number of ether oxygens (including phenoxy) is 1. The van der Waals surface area contributed by atoms with Gasteiger partial charge in [-0.05, 0) is 36.8 Å². The lowest BCUT2D eigenvalue weighted by Gasteiger charge is -2.03. The van der Waals surface area contributed by atoms with Crippen molar-refractivity contribution >= 4 is 11.3 Å². The second-order valence-electron chi connectivity index (χ2n) is 6.73. The first-order chi connectivity index (χ1) is 13.7. The van der Waals surface area contributed by atoms with Gasteiger partial charge in [0.1, 0.15) is 11.5 Å². The molecule has 0 unspecified atom stereocenters. The van der Waals surface area contributed by atoms with Crippen molar-refractivity contribution < 1.29 is 9.53 Å². The summed E-state index contributed by atoms with van der Waals surface area (Å²) in [6.45, 7) is 3.10. The quantitative estimate of drug-likeness (QED) is 0.462. The van der Waals surface area contributed by atoms with Crippen LogP contribution in [0.1, 0.15) is 28.2 Å². The first-order valence-corrected chi connectivity index (χ1v) is 9.22. The van der Waals surface area contributed by atoms with E-state index >= 15 is 0 Å². The number of fused-ring (bicyclic) bond motifs is 1. The first-order valence-electron chi connectivity index (χ1n) is 9.22. The van der Waals surface area contributed by atoms with Gasteiger partial charge in [0.25, 0.3) is 0 Å². The zero-order chi connectivity index (χ0) is 19.5. The van der Waals surface area contributed by atoms with Crippen molar-refractivity contribution in [2.24, 2.45) is 0 Å². The molecule has 0 radical (unpaired) electrons. The van der Waals surface area contributed by atoms with Crippen LogP contribution in [0.3, 0.4) is 0 Å². The Balaban J connectivity index is 1.73. The molecule has 4 aromatic heterocycles. The summed E-state index contributed by atoms with van der Waals surface area (Å²) in [7, 11) is 1.61. The molecule has 142 valence electrons. The molecule has 0 atom stereocenters. The molecular formula is C22H22N4O2. The standard InChI is InChI=1S/C22H22N4O2/c1-16-24-19(15-25(16)14-17-6-5-9-23-13-17)21-12-18(22(27)8-11-28-2)20-7-3-4-10-26(20)21/h3-7,9-10,12-13,15H,8,11,14H2,1-2H3. The lowest BCUT2D eigenvalue weighted by molar-refractivity contribution is 0.0934. The number of nitrogens with zero attached hydrogens (tertiary/aromatic N) is 4. The van der Waals surface area contributed by atoms with Crippen LogP contribution in [0.2, 0.25) is 0 Å². The Hall–Kier alpha value is -3.25. The maximum atomic E-state index is 12.6. The minimum absolute atomic E-state index is 0.0725. The van der Waals surface area contributed by atoms with Gasteiger partial charge in [0.15, 0.2) is 5.78 Å². The highest BCUT2D eigenvalue weighted by Crippen LogP contribution is 2.27. The summed E-state index contributed by atoms with van der Waals surface area (Å²) < 4.78 is 9.19. The lowest BCUT2D eigenvalue weighted by Crippen LogP contribution is -2.02. The van der Waals surface area contributed by atoms with Crippen LogP contribution in [0.4, 0.5) is 0 Å². The third kappa shape index (κ3) is 3.46. The van der Waals surface area contributed by atoms with E-state index < -0.39 is 0 Å². The van der Waals surface area contributed by atoms with Crippen LogP contribution in [0, 0.1) is 6.92 Å². The number of hydrogen-bond donors (Lipinski definition) is 0. The molecule has 0 saturated carbocycles. The number of carbonyl (C=O) groups excluding carboxylic acids is 1. The fraction of sp³-hybridized carbons (Fsp3) is 0.227. The summed E-state index contributed by atoms with van der Waals surface area (Å²) in [6.07, 6.45) is 7.98. The van der Waals surface area contributed by atoms with Crippen LogP contribution in [0.5, 0.6) is 0 Å². The number of imidazole rings is 1. The number of hydrogen-bond acceptors (Lipinski definition) is 4. The molecule has 0 N–H and O–H groups in total. The van der Waals surface area contributed by atoms with E-state index in [1.807, 2.05) is 66.3 Å². The molecular weight excluding hydrogens is 352 g/mol. The van der Waals surface area contributed by atoms with Gasteiger partial charge in [0, 0.05) is 43.9 Å². The Labute approximate surface area is 163 Å². The molecule has 0 spiro atoms. The van der Waals surface area contributed by atoms with Gasteiger partial charge in [0.05, 0.1) is 24.4 Å². The second-order valence-corrected chi connectivity index (χ2v) is 6.73. The highest BCUT2D eigenvalue weighted by atomic mass is 16.5. The van der Waals surface area contributed by atoms with Crippen LogP contribution in [0.15, 0.2) is 61.2 Å². The van der Waals surface area contributed by atoms with Crippen LogP contribution in [0.25, 0.3) is 16.9 Å². The summed E-state index contributed by atoms with van der Waals surface area (Å²) in [4.78, 5) is 21.6. The van der Waals surface area contributed by atoms with E-state index in [1.165, 1.54) is 0 Å². The fourth-order valence-corrected chi connectivity index (χ4v) is 3.38. The van der Waals surface area contributed by atoms with Gasteiger partial charge < -0.3 is 13.7 Å². The highest BCUT2D eigenvalue weighted by molar-refractivity contribution is 6.04. The number of aromatic nitrogens is 4. The maximum absolute atomic E-state index is 12.6. The second kappa shape index (κ2) is 7.78. The third-order valence-electron chi connectivity index (χ3n) is 4.82. The average molecular weight is 374 g/mol. The van der Waals surface area contributed by atoms with Crippen LogP contribution < -0.4 is 0 Å². The monoisotopic (exact) mass is 374 g/mol. The number of carbonyl (C=O) groups is 1. The van der Waals surface area contributed by atoms with Crippen molar-refractivity contribution in [3.8, 4) is 11.4 Å². The molecule has 4 aromatic rings.